The van der Waals surface area contributed by atoms with E-state index in [1.807, 2.05) is 131 Å². The Labute approximate surface area is 597 Å². The fourth-order valence-electron chi connectivity index (χ4n) is 16.7. The molecule has 0 spiro atoms. The number of aryl methyl sites for hydroxylation is 4. The number of fused-ring (bicyclic) bond motifs is 12. The zero-order chi connectivity index (χ0) is 72.9. The van der Waals surface area contributed by atoms with Crippen LogP contribution in [0.3, 0.4) is 0 Å². The Balaban J connectivity index is 0.000000131. The predicted octanol–water partition coefficient (Wildman–Crippen LogP) is 14.6. The summed E-state index contributed by atoms with van der Waals surface area (Å²) >= 11 is 0. The third kappa shape index (κ3) is 11.9. The summed E-state index contributed by atoms with van der Waals surface area (Å²) in [4.78, 5) is 65.1. The molecule has 6 aromatic carbocycles. The van der Waals surface area contributed by atoms with Gasteiger partial charge in [0.1, 0.15) is 16.9 Å². The van der Waals surface area contributed by atoms with Crippen molar-refractivity contribution in [1.29, 1.82) is 10.5 Å². The quantitative estimate of drug-likeness (QED) is 0.111. The summed E-state index contributed by atoms with van der Waals surface area (Å²) in [5.74, 6) is -0.915. The minimum absolute atomic E-state index is 0.0166. The average molecular weight is 1400 g/mol. The Bertz CT molecular complexity index is 5660. The number of hydrogen-bond donors (Lipinski definition) is 3. The number of ether oxygens (including phenoxy) is 1. The maximum Gasteiger partial charge on any atom is 0.199 e. The molecule has 536 valence electrons. The molecule has 12 aromatic rings. The van der Waals surface area contributed by atoms with Gasteiger partial charge in [-0.15, -0.1) is 0 Å². The van der Waals surface area contributed by atoms with E-state index in [4.69, 9.17) is 4.74 Å². The van der Waals surface area contributed by atoms with Crippen LogP contribution in [-0.2, 0) is 24.0 Å². The Morgan fingerprint density at radius 1 is 0.456 bits per heavy atom. The molecule has 0 saturated carbocycles. The number of nitrogens with one attached hydrogen (secondary N) is 3. The van der Waals surface area contributed by atoms with E-state index in [0.29, 0.717) is 136 Å². The normalized spacial score (nSPS) is 16.1. The molecule has 3 N–H and O–H groups in total. The first kappa shape index (κ1) is 70.4. The predicted molar refractivity (Wildman–Crippen MR) is 413 cm³/mol. The Morgan fingerprint density at radius 2 is 0.796 bits per heavy atom. The molecular weight excluding hydrogens is 1300 g/mol. The number of H-pyrrole nitrogens is 3. The van der Waals surface area contributed by atoms with Gasteiger partial charge in [-0.1, -0.05) is 45.0 Å². The van der Waals surface area contributed by atoms with Gasteiger partial charge in [-0.3, -0.25) is 24.2 Å². The Hall–Kier alpha value is -9.64. The molecule has 4 fully saturated rings. The van der Waals surface area contributed by atoms with Crippen LogP contribution in [0, 0.1) is 47.0 Å². The van der Waals surface area contributed by atoms with Crippen molar-refractivity contribution < 1.29 is 17.9 Å². The van der Waals surface area contributed by atoms with Crippen LogP contribution in [0.15, 0.2) is 87.2 Å². The minimum Gasteiger partial charge on any atom is -0.378 e. The number of nitriles is 2. The smallest absolute Gasteiger partial charge is 0.199 e. The van der Waals surface area contributed by atoms with Crippen LogP contribution in [-0.4, -0.2) is 154 Å². The molecule has 18 nitrogen and oxygen atoms in total. The van der Waals surface area contributed by atoms with Gasteiger partial charge < -0.3 is 53.0 Å². The van der Waals surface area contributed by atoms with E-state index >= 15 is 13.2 Å². The largest absolute Gasteiger partial charge is 0.378 e. The second-order valence-corrected chi connectivity index (χ2v) is 29.7. The summed E-state index contributed by atoms with van der Waals surface area (Å²) in [6.07, 6.45) is 1.96. The van der Waals surface area contributed by atoms with E-state index in [-0.39, 0.29) is 51.9 Å². The lowest BCUT2D eigenvalue weighted by molar-refractivity contribution is -0.0660. The number of aromatic amines is 3. The van der Waals surface area contributed by atoms with Gasteiger partial charge in [0, 0.05) is 152 Å². The van der Waals surface area contributed by atoms with Gasteiger partial charge in [0.2, 0.25) is 0 Å². The van der Waals surface area contributed by atoms with Crippen molar-refractivity contribution >= 4 is 116 Å². The molecule has 0 bridgehead atoms. The van der Waals surface area contributed by atoms with Crippen LogP contribution in [0.4, 0.5) is 30.2 Å². The molecule has 6 aromatic heterocycles. The Kier molecular flexibility index (Phi) is 19.0. The minimum atomic E-state index is -0.325. The highest BCUT2D eigenvalue weighted by atomic mass is 19.1. The summed E-state index contributed by atoms with van der Waals surface area (Å²) in [5, 5.41) is 24.1. The van der Waals surface area contributed by atoms with Crippen LogP contribution < -0.4 is 31.0 Å². The molecule has 0 amide bonds. The molecule has 10 heterocycles. The second kappa shape index (κ2) is 27.9. The molecule has 0 aliphatic carbocycles. The van der Waals surface area contributed by atoms with Crippen molar-refractivity contribution in [2.45, 2.75) is 133 Å². The van der Waals surface area contributed by atoms with Crippen LogP contribution >= 0.6 is 0 Å². The van der Waals surface area contributed by atoms with Gasteiger partial charge in [-0.2, -0.15) is 10.5 Å². The van der Waals surface area contributed by atoms with E-state index < -0.39 is 0 Å². The molecule has 0 unspecified atom stereocenters. The topological polar surface area (TPSA) is 190 Å². The standard InChI is InChI=1S/C28H30FN5O2.C28H32FN5O.C26H31FN4O/c1-4-18-12-21-26(24(29)25(18)33-9-7-32(8-10-33)19-14-36-15-19)34(16(2)3)28-23(27(21)35)20-6-5-17(13-30)11-22(20)31-28;1-6-19-14-21-26(24(29)25(19)33-11-9-32(10-12-33)16(2)3)34(17(4)5)28-23(27(21)35)20-8-7-18(15-30)13-22(20)31-28;1-6-17-14-19-24(22(27)23(17)30-11-9-29(5)10-12-30)31(15(2)3)26-21(25(19)32)18-8-7-16(4)13-20(18)28-26/h5-6,11-12,16,19,31H,4,7-10,14-15H2,1-3H3;7-8,13-14,16-17,31H,6,9-12H2,1-5H3;7-8,13-15,28H,6,9-12H2,1-5H3. The molecule has 4 aliphatic rings. The van der Waals surface area contributed by atoms with Gasteiger partial charge >= 0.3 is 0 Å². The number of halogens is 3. The lowest BCUT2D eigenvalue weighted by Gasteiger charge is -2.43. The molecule has 21 heteroatoms. The molecule has 4 saturated heterocycles. The first-order valence-corrected chi connectivity index (χ1v) is 36.8. The van der Waals surface area contributed by atoms with Crippen LogP contribution in [0.2, 0.25) is 0 Å². The highest BCUT2D eigenvalue weighted by Gasteiger charge is 2.34. The van der Waals surface area contributed by atoms with Crippen molar-refractivity contribution in [3.8, 4) is 12.1 Å². The van der Waals surface area contributed by atoms with Crippen molar-refractivity contribution in [2.24, 2.45) is 0 Å². The first-order valence-electron chi connectivity index (χ1n) is 36.8. The van der Waals surface area contributed by atoms with Gasteiger partial charge in [0.05, 0.1) is 92.3 Å². The first-order chi connectivity index (χ1) is 49.5. The van der Waals surface area contributed by atoms with Crippen LogP contribution in [0.25, 0.3) is 98.5 Å². The van der Waals surface area contributed by atoms with Crippen LogP contribution in [0.1, 0.15) is 128 Å². The lowest BCUT2D eigenvalue weighted by Crippen LogP contribution is -2.56. The molecular formula is C82H93F3N14O4. The van der Waals surface area contributed by atoms with E-state index in [9.17, 15) is 24.9 Å². The monoisotopic (exact) mass is 1390 g/mol. The van der Waals surface area contributed by atoms with E-state index in [2.05, 4.69) is 77.4 Å². The van der Waals surface area contributed by atoms with Crippen molar-refractivity contribution in [2.75, 3.05) is 113 Å². The maximum absolute atomic E-state index is 16.6. The van der Waals surface area contributed by atoms with Gasteiger partial charge in [0.15, 0.2) is 33.7 Å². The number of aromatic nitrogens is 6. The van der Waals surface area contributed by atoms with E-state index in [1.165, 1.54) is 0 Å². The number of hydrogen-bond acceptors (Lipinski definition) is 12. The van der Waals surface area contributed by atoms with Gasteiger partial charge in [-0.25, -0.2) is 13.2 Å². The third-order valence-electron chi connectivity index (χ3n) is 22.1. The highest BCUT2D eigenvalue weighted by Crippen LogP contribution is 2.41. The molecule has 0 radical (unpaired) electrons. The third-order valence-corrected chi connectivity index (χ3v) is 22.1. The zero-order valence-electron chi connectivity index (χ0n) is 61.5. The summed E-state index contributed by atoms with van der Waals surface area (Å²) in [5.41, 5.74) is 11.6. The second-order valence-electron chi connectivity index (χ2n) is 29.7. The maximum atomic E-state index is 16.6. The number of benzene rings is 6. The number of nitrogens with zero attached hydrogens (tertiary/aromatic N) is 11. The summed E-state index contributed by atoms with van der Waals surface area (Å²) < 4.78 is 60.8. The van der Waals surface area contributed by atoms with Crippen molar-refractivity contribution in [3.05, 3.63) is 154 Å². The molecule has 0 atom stereocenters. The number of anilines is 3. The number of piperazine rings is 3. The SMILES string of the molecule is CCc1cc2c(=O)c3c4ccc(C#N)cc4[nH]c3n(C(C)C)c2c(F)c1N1CCN(C(C)C)CC1.CCc1cc2c(=O)c3c4ccc(C#N)cc4[nH]c3n(C(C)C)c2c(F)c1N1CCN(C2COC2)CC1.CCc1cc2c(=O)c3c4ccc(C)cc4[nH]c3n(C(C)C)c2c(F)c1N1CCN(C)CC1. The van der Waals surface area contributed by atoms with Crippen molar-refractivity contribution in [1.82, 2.24) is 43.4 Å². The molecule has 16 rings (SSSR count). The van der Waals surface area contributed by atoms with Crippen molar-refractivity contribution in [3.63, 3.8) is 0 Å². The fourth-order valence-corrected chi connectivity index (χ4v) is 16.7. The summed E-state index contributed by atoms with van der Waals surface area (Å²) in [6.45, 7) is 36.0. The molecule has 103 heavy (non-hydrogen) atoms. The average Bonchev–Trinajstić information content (AvgIpc) is 1.69. The fraction of sp³-hybridized carbons (Fsp3) is 0.427. The summed E-state index contributed by atoms with van der Waals surface area (Å²) in [7, 11) is 2.10. The van der Waals surface area contributed by atoms with E-state index in [1.54, 1.807) is 24.3 Å². The number of rotatable bonds is 11. The van der Waals surface area contributed by atoms with E-state index in [0.717, 1.165) is 136 Å². The van der Waals surface area contributed by atoms with Gasteiger partial charge in [-0.05, 0) is 159 Å². The van der Waals surface area contributed by atoms with Gasteiger partial charge in [0.25, 0.3) is 0 Å². The number of likely N-dealkylation sites (N-methyl/N-ethyl adjacent to an activating group) is 1. The highest BCUT2D eigenvalue weighted by molar-refractivity contribution is 6.13. The number of pyridine rings is 3. The lowest BCUT2D eigenvalue weighted by atomic mass is 10.0. The summed E-state index contributed by atoms with van der Waals surface area (Å²) in [6, 6.07) is 27.4. The molecule has 4 aliphatic heterocycles. The zero-order valence-corrected chi connectivity index (χ0v) is 61.5. The Morgan fingerprint density at radius 3 is 1.12 bits per heavy atom. The van der Waals surface area contributed by atoms with Crippen LogP contribution in [0.5, 0.6) is 0 Å².